The van der Waals surface area contributed by atoms with E-state index >= 15 is 0 Å². The molecule has 11 heteroatoms. The number of unbranched alkanes of at least 4 members (excludes halogenated alkanes) is 2. The van der Waals surface area contributed by atoms with Crippen LogP contribution in [0.15, 0.2) is 41.3 Å². The minimum Gasteiger partial charge on any atom is -0.371 e. The van der Waals surface area contributed by atoms with E-state index in [4.69, 9.17) is 0 Å². The maximum absolute atomic E-state index is 13.1. The zero-order valence-corrected chi connectivity index (χ0v) is 19.2. The van der Waals surface area contributed by atoms with Crippen LogP contribution in [-0.2, 0) is 17.3 Å². The highest BCUT2D eigenvalue weighted by Gasteiger charge is 2.30. The van der Waals surface area contributed by atoms with Gasteiger partial charge in [0.05, 0.1) is 10.5 Å². The van der Waals surface area contributed by atoms with Crippen LogP contribution in [0.3, 0.4) is 0 Å². The van der Waals surface area contributed by atoms with E-state index in [9.17, 15) is 21.9 Å². The third-order valence-corrected chi connectivity index (χ3v) is 5.98. The van der Waals surface area contributed by atoms with Crippen molar-refractivity contribution in [1.29, 1.82) is 0 Å². The van der Waals surface area contributed by atoms with Crippen LogP contribution >= 0.6 is 0 Å². The number of aromatic nitrogens is 4. The van der Waals surface area contributed by atoms with Crippen LogP contribution in [0.5, 0.6) is 0 Å². The maximum atomic E-state index is 13.1. The normalized spacial score (nSPS) is 12.7. The van der Waals surface area contributed by atoms with E-state index in [0.717, 1.165) is 37.8 Å². The summed E-state index contributed by atoms with van der Waals surface area (Å²) in [6.07, 6.45) is -0.801. The lowest BCUT2D eigenvalue weighted by Crippen LogP contribution is -2.26. The van der Waals surface area contributed by atoms with E-state index in [0.29, 0.717) is 35.5 Å². The number of tetrazole rings is 1. The molecule has 0 saturated heterocycles. The molecule has 33 heavy (non-hydrogen) atoms. The number of hydrogen-bond acceptors (Lipinski definition) is 5. The molecule has 0 spiro atoms. The molecule has 3 rings (SSSR count). The van der Waals surface area contributed by atoms with Gasteiger partial charge in [-0.3, -0.25) is 0 Å². The molecule has 1 heterocycles. The maximum Gasteiger partial charge on any atom is 0.416 e. The minimum absolute atomic E-state index is 0.0741. The van der Waals surface area contributed by atoms with Crippen molar-refractivity contribution < 1.29 is 21.9 Å². The zero-order chi connectivity index (χ0) is 24.0. The van der Waals surface area contributed by atoms with Gasteiger partial charge in [0.25, 0.3) is 0 Å². The third kappa shape index (κ3) is 5.97. The summed E-state index contributed by atoms with van der Waals surface area (Å²) in [4.78, 5) is 2.19. The minimum atomic E-state index is -4.47. The molecule has 1 atom stereocenters. The quantitative estimate of drug-likeness (QED) is 0.369. The highest BCUT2D eigenvalue weighted by molar-refractivity contribution is 7.79. The Morgan fingerprint density at radius 3 is 2.15 bits per heavy atom. The SMILES string of the molecule is CCCCN(CCCC)c1cc(-c2nn[nH]n2)cc(S(=O)O)c1-c1ccc(C(F)(F)F)cc1. The number of nitrogens with zero attached hydrogens (tertiary/aromatic N) is 4. The van der Waals surface area contributed by atoms with E-state index in [2.05, 4.69) is 39.4 Å². The van der Waals surface area contributed by atoms with Gasteiger partial charge in [0, 0.05) is 29.9 Å². The first-order valence-corrected chi connectivity index (χ1v) is 11.8. The lowest BCUT2D eigenvalue weighted by Gasteiger charge is -2.29. The van der Waals surface area contributed by atoms with Crippen molar-refractivity contribution in [1.82, 2.24) is 20.6 Å². The van der Waals surface area contributed by atoms with Crippen LogP contribution in [0.1, 0.15) is 45.1 Å². The fourth-order valence-corrected chi connectivity index (χ4v) is 4.19. The largest absolute Gasteiger partial charge is 0.416 e. The second-order valence-electron chi connectivity index (χ2n) is 7.62. The Balaban J connectivity index is 2.25. The smallest absolute Gasteiger partial charge is 0.371 e. The summed E-state index contributed by atoms with van der Waals surface area (Å²) in [5, 5.41) is 13.9. The van der Waals surface area contributed by atoms with Crippen LogP contribution in [0.4, 0.5) is 18.9 Å². The summed E-state index contributed by atoms with van der Waals surface area (Å²) in [7, 11) is 0. The van der Waals surface area contributed by atoms with Gasteiger partial charge < -0.3 is 9.45 Å². The molecule has 0 aliphatic rings. The third-order valence-electron chi connectivity index (χ3n) is 5.28. The van der Waals surface area contributed by atoms with Crippen LogP contribution < -0.4 is 4.90 Å². The van der Waals surface area contributed by atoms with Crippen molar-refractivity contribution in [2.75, 3.05) is 18.0 Å². The van der Waals surface area contributed by atoms with Crippen molar-refractivity contribution >= 4 is 16.8 Å². The molecule has 2 aromatic carbocycles. The molecule has 0 amide bonds. The monoisotopic (exact) mass is 481 g/mol. The molecular weight excluding hydrogens is 455 g/mol. The molecule has 0 fully saturated rings. The van der Waals surface area contributed by atoms with E-state index in [1.165, 1.54) is 18.2 Å². The number of H-pyrrole nitrogens is 1. The van der Waals surface area contributed by atoms with Crippen LogP contribution in [-0.4, -0.2) is 42.5 Å². The van der Waals surface area contributed by atoms with E-state index < -0.39 is 22.8 Å². The van der Waals surface area contributed by atoms with Gasteiger partial charge in [-0.25, -0.2) is 4.21 Å². The number of alkyl halides is 3. The number of anilines is 1. The molecule has 0 aliphatic heterocycles. The molecule has 3 aromatic rings. The van der Waals surface area contributed by atoms with Crippen molar-refractivity contribution in [3.63, 3.8) is 0 Å². The van der Waals surface area contributed by atoms with Gasteiger partial charge in [-0.2, -0.15) is 18.4 Å². The van der Waals surface area contributed by atoms with Crippen LogP contribution in [0.25, 0.3) is 22.5 Å². The van der Waals surface area contributed by atoms with Gasteiger partial charge in [-0.05, 0) is 47.9 Å². The lowest BCUT2D eigenvalue weighted by molar-refractivity contribution is -0.137. The Morgan fingerprint density at radius 1 is 1.03 bits per heavy atom. The van der Waals surface area contributed by atoms with Crippen molar-refractivity contribution in [2.45, 2.75) is 50.6 Å². The fraction of sp³-hybridized carbons (Fsp3) is 0.409. The number of hydrogen-bond donors (Lipinski definition) is 2. The summed E-state index contributed by atoms with van der Waals surface area (Å²) >= 11 is -2.41. The molecule has 0 radical (unpaired) electrons. The number of benzene rings is 2. The van der Waals surface area contributed by atoms with Gasteiger partial charge in [0.15, 0.2) is 11.1 Å². The van der Waals surface area contributed by atoms with E-state index in [-0.39, 0.29) is 10.7 Å². The molecule has 0 aliphatic carbocycles. The summed E-state index contributed by atoms with van der Waals surface area (Å²) in [6, 6.07) is 7.93. The second-order valence-corrected chi connectivity index (χ2v) is 8.56. The van der Waals surface area contributed by atoms with Gasteiger partial charge in [0.2, 0.25) is 5.82 Å². The number of rotatable bonds is 10. The average Bonchev–Trinajstić information content (AvgIpc) is 3.33. The van der Waals surface area contributed by atoms with Crippen molar-refractivity contribution in [3.05, 3.63) is 42.0 Å². The van der Waals surface area contributed by atoms with Gasteiger partial charge in [0.1, 0.15) is 0 Å². The first kappa shape index (κ1) is 24.8. The molecule has 178 valence electrons. The Kier molecular flexibility index (Phi) is 8.20. The molecule has 7 nitrogen and oxygen atoms in total. The van der Waals surface area contributed by atoms with Crippen molar-refractivity contribution in [2.24, 2.45) is 0 Å². The lowest BCUT2D eigenvalue weighted by atomic mass is 9.98. The predicted molar refractivity (Wildman–Crippen MR) is 121 cm³/mol. The Bertz CT molecular complexity index is 1060. The second kappa shape index (κ2) is 10.9. The number of halogens is 3. The Morgan fingerprint density at radius 2 is 1.67 bits per heavy atom. The Labute approximate surface area is 192 Å². The van der Waals surface area contributed by atoms with Gasteiger partial charge in [-0.1, -0.05) is 38.8 Å². The molecule has 1 unspecified atom stereocenters. The predicted octanol–water partition coefficient (Wildman–Crippen LogP) is 5.54. The van der Waals surface area contributed by atoms with Crippen molar-refractivity contribution in [3.8, 4) is 22.5 Å². The van der Waals surface area contributed by atoms with Gasteiger partial charge >= 0.3 is 6.18 Å². The van der Waals surface area contributed by atoms with Crippen LogP contribution in [0, 0.1) is 0 Å². The highest BCUT2D eigenvalue weighted by Crippen LogP contribution is 2.40. The molecule has 0 bridgehead atoms. The average molecular weight is 482 g/mol. The number of nitrogens with one attached hydrogen (secondary N) is 1. The van der Waals surface area contributed by atoms with E-state index in [1.54, 1.807) is 6.07 Å². The zero-order valence-electron chi connectivity index (χ0n) is 18.4. The first-order chi connectivity index (χ1) is 15.8. The molecule has 1 aromatic heterocycles. The first-order valence-electron chi connectivity index (χ1n) is 10.7. The fourth-order valence-electron chi connectivity index (χ4n) is 3.57. The summed E-state index contributed by atoms with van der Waals surface area (Å²) < 4.78 is 61.9. The highest BCUT2D eigenvalue weighted by atomic mass is 32.2. The standard InChI is InChI=1S/C22H26F3N5O2S/c1-3-5-11-30(12-6-4-2)18-13-16(21-26-28-29-27-21)14-19(33(31)32)20(18)15-7-9-17(10-8-15)22(23,24)25/h7-10,13-14H,3-6,11-12H2,1-2H3,(H,31,32)(H,26,27,28,29). The van der Waals surface area contributed by atoms with Gasteiger partial charge in [-0.15, -0.1) is 10.2 Å². The van der Waals surface area contributed by atoms with Crippen LogP contribution in [0.2, 0.25) is 0 Å². The topological polar surface area (TPSA) is 95.0 Å². The molecule has 0 saturated carbocycles. The summed E-state index contributed by atoms with van der Waals surface area (Å²) in [5.74, 6) is 0.257. The summed E-state index contributed by atoms with van der Waals surface area (Å²) in [6.45, 7) is 5.52. The summed E-state index contributed by atoms with van der Waals surface area (Å²) in [5.41, 5.74) is 1.20. The van der Waals surface area contributed by atoms with E-state index in [1.807, 2.05) is 0 Å². The molecular formula is C22H26F3N5O2S. The molecule has 2 N–H and O–H groups in total. The Hall–Kier alpha value is -2.79. The number of aromatic amines is 1.